The fraction of sp³-hybridized carbons (Fsp3) is 0.333. The van der Waals surface area contributed by atoms with E-state index in [0.29, 0.717) is 5.65 Å². The van der Waals surface area contributed by atoms with Crippen LogP contribution in [0.2, 0.25) is 0 Å². The summed E-state index contributed by atoms with van der Waals surface area (Å²) in [5.41, 5.74) is 3.16. The zero-order valence-electron chi connectivity index (χ0n) is 13.9. The summed E-state index contributed by atoms with van der Waals surface area (Å²) in [4.78, 5) is 12.2. The molecule has 1 aliphatic rings. The van der Waals surface area contributed by atoms with Crippen molar-refractivity contribution >= 4 is 17.4 Å². The number of amides is 2. The molecule has 2 heterocycles. The molecule has 7 heteroatoms. The number of hydrogen-bond donors (Lipinski definition) is 2. The van der Waals surface area contributed by atoms with Crippen molar-refractivity contribution in [3.8, 4) is 11.3 Å². The first-order valence-electron chi connectivity index (χ1n) is 8.63. The van der Waals surface area contributed by atoms with Gasteiger partial charge in [0.2, 0.25) is 0 Å². The van der Waals surface area contributed by atoms with Crippen molar-refractivity contribution in [3.05, 3.63) is 42.7 Å². The van der Waals surface area contributed by atoms with Gasteiger partial charge in [-0.2, -0.15) is 9.61 Å². The number of rotatable bonds is 3. The highest BCUT2D eigenvalue weighted by atomic mass is 16.2. The third kappa shape index (κ3) is 3.60. The van der Waals surface area contributed by atoms with Crippen LogP contribution in [0, 0.1) is 0 Å². The average molecular weight is 336 g/mol. The normalized spacial score (nSPS) is 15.2. The van der Waals surface area contributed by atoms with Gasteiger partial charge < -0.3 is 10.6 Å². The lowest BCUT2D eigenvalue weighted by Crippen LogP contribution is -2.39. The molecule has 0 atom stereocenters. The first-order chi connectivity index (χ1) is 12.3. The highest BCUT2D eigenvalue weighted by Gasteiger charge is 2.15. The number of anilines is 1. The van der Waals surface area contributed by atoms with E-state index in [1.54, 1.807) is 10.8 Å². The summed E-state index contributed by atoms with van der Waals surface area (Å²) < 4.78 is 1.63. The largest absolute Gasteiger partial charge is 0.335 e. The van der Waals surface area contributed by atoms with Crippen LogP contribution in [0.15, 0.2) is 42.7 Å². The minimum Gasteiger partial charge on any atom is -0.335 e. The van der Waals surface area contributed by atoms with E-state index in [9.17, 15) is 4.79 Å². The maximum atomic E-state index is 12.2. The monoisotopic (exact) mass is 336 g/mol. The minimum atomic E-state index is -0.147. The van der Waals surface area contributed by atoms with Gasteiger partial charge in [-0.3, -0.25) is 0 Å². The molecule has 0 radical (unpaired) electrons. The van der Waals surface area contributed by atoms with E-state index >= 15 is 0 Å². The van der Waals surface area contributed by atoms with E-state index in [-0.39, 0.29) is 12.1 Å². The van der Waals surface area contributed by atoms with Gasteiger partial charge in [-0.25, -0.2) is 4.79 Å². The molecule has 128 valence electrons. The molecule has 0 aliphatic heterocycles. The Hall–Kier alpha value is -2.96. The summed E-state index contributed by atoms with van der Waals surface area (Å²) in [6.07, 6.45) is 7.35. The average Bonchev–Trinajstić information content (AvgIpc) is 3.10. The number of aromatic nitrogens is 4. The highest BCUT2D eigenvalue weighted by Crippen LogP contribution is 2.21. The van der Waals surface area contributed by atoms with Crippen LogP contribution in [-0.2, 0) is 0 Å². The van der Waals surface area contributed by atoms with Crippen LogP contribution in [-0.4, -0.2) is 31.9 Å². The predicted molar refractivity (Wildman–Crippen MR) is 95.2 cm³/mol. The summed E-state index contributed by atoms with van der Waals surface area (Å²) in [5, 5.41) is 18.3. The van der Waals surface area contributed by atoms with Crippen LogP contribution < -0.4 is 10.6 Å². The molecular formula is C18H20N6O. The first-order valence-corrected chi connectivity index (χ1v) is 8.63. The predicted octanol–water partition coefficient (Wildman–Crippen LogP) is 3.25. The van der Waals surface area contributed by atoms with Crippen LogP contribution in [0.3, 0.4) is 0 Å². The molecule has 2 aromatic heterocycles. The second kappa shape index (κ2) is 6.88. The molecule has 1 aromatic carbocycles. The number of urea groups is 1. The van der Waals surface area contributed by atoms with Gasteiger partial charge in [-0.15, -0.1) is 10.2 Å². The molecule has 1 saturated carbocycles. The van der Waals surface area contributed by atoms with E-state index < -0.39 is 0 Å². The maximum absolute atomic E-state index is 12.2. The fourth-order valence-electron chi connectivity index (χ4n) is 3.24. The van der Waals surface area contributed by atoms with Crippen LogP contribution >= 0.6 is 0 Å². The molecule has 3 aromatic rings. The van der Waals surface area contributed by atoms with Gasteiger partial charge in [0, 0.05) is 17.3 Å². The Morgan fingerprint density at radius 3 is 2.88 bits per heavy atom. The third-order valence-electron chi connectivity index (χ3n) is 4.52. The second-order valence-electron chi connectivity index (χ2n) is 6.37. The molecule has 2 N–H and O–H groups in total. The van der Waals surface area contributed by atoms with Crippen LogP contribution in [0.4, 0.5) is 10.5 Å². The van der Waals surface area contributed by atoms with Crippen molar-refractivity contribution in [1.82, 2.24) is 25.1 Å². The van der Waals surface area contributed by atoms with Crippen molar-refractivity contribution in [2.45, 2.75) is 38.1 Å². The standard InChI is InChI=1S/C18H20N6O/c25-18(20-14-6-2-1-3-7-14)21-15-8-4-5-13(11-15)16-9-10-17-22-19-12-24(17)23-16/h4-5,8-12,14H,1-3,6-7H2,(H2,20,21,25). The topological polar surface area (TPSA) is 84.2 Å². The smallest absolute Gasteiger partial charge is 0.319 e. The van der Waals surface area contributed by atoms with Crippen LogP contribution in [0.25, 0.3) is 16.9 Å². The maximum Gasteiger partial charge on any atom is 0.319 e. The number of nitrogens with zero attached hydrogens (tertiary/aromatic N) is 4. The molecule has 1 fully saturated rings. The molecule has 2 amide bonds. The third-order valence-corrected chi connectivity index (χ3v) is 4.52. The minimum absolute atomic E-state index is 0.147. The molecule has 0 bridgehead atoms. The van der Waals surface area contributed by atoms with E-state index in [2.05, 4.69) is 25.9 Å². The molecule has 25 heavy (non-hydrogen) atoms. The molecule has 0 spiro atoms. The number of carbonyl (C=O) groups excluding carboxylic acids is 1. The molecule has 4 rings (SSSR count). The number of benzene rings is 1. The zero-order valence-corrected chi connectivity index (χ0v) is 13.9. The van der Waals surface area contributed by atoms with Crippen molar-refractivity contribution in [3.63, 3.8) is 0 Å². The quantitative estimate of drug-likeness (QED) is 0.769. The summed E-state index contributed by atoms with van der Waals surface area (Å²) in [6, 6.07) is 11.6. The Kier molecular flexibility index (Phi) is 4.28. The highest BCUT2D eigenvalue weighted by molar-refractivity contribution is 5.90. The lowest BCUT2D eigenvalue weighted by Gasteiger charge is -2.22. The summed E-state index contributed by atoms with van der Waals surface area (Å²) in [7, 11) is 0. The lowest BCUT2D eigenvalue weighted by atomic mass is 9.96. The van der Waals surface area contributed by atoms with Gasteiger partial charge >= 0.3 is 6.03 Å². The molecular weight excluding hydrogens is 316 g/mol. The van der Waals surface area contributed by atoms with Gasteiger partial charge in [0.1, 0.15) is 6.33 Å². The van der Waals surface area contributed by atoms with Crippen molar-refractivity contribution in [2.75, 3.05) is 5.32 Å². The van der Waals surface area contributed by atoms with Gasteiger partial charge in [0.25, 0.3) is 0 Å². The molecule has 1 aliphatic carbocycles. The van der Waals surface area contributed by atoms with Gasteiger partial charge in [0.05, 0.1) is 5.69 Å². The lowest BCUT2D eigenvalue weighted by molar-refractivity contribution is 0.244. The summed E-state index contributed by atoms with van der Waals surface area (Å²) >= 11 is 0. The molecule has 0 saturated heterocycles. The van der Waals surface area contributed by atoms with Gasteiger partial charge in [-0.05, 0) is 37.1 Å². The Balaban J connectivity index is 1.47. The van der Waals surface area contributed by atoms with Crippen molar-refractivity contribution in [2.24, 2.45) is 0 Å². The Morgan fingerprint density at radius 2 is 2.00 bits per heavy atom. The van der Waals surface area contributed by atoms with E-state index in [0.717, 1.165) is 29.8 Å². The first kappa shape index (κ1) is 15.6. The Bertz CT molecular complexity index is 884. The van der Waals surface area contributed by atoms with Crippen LogP contribution in [0.5, 0.6) is 0 Å². The number of hydrogen-bond acceptors (Lipinski definition) is 4. The Labute approximate surface area is 145 Å². The molecule has 7 nitrogen and oxygen atoms in total. The molecule has 0 unspecified atom stereocenters. The second-order valence-corrected chi connectivity index (χ2v) is 6.37. The number of nitrogens with one attached hydrogen (secondary N) is 2. The fourth-order valence-corrected chi connectivity index (χ4v) is 3.24. The van der Waals surface area contributed by atoms with Gasteiger partial charge in [-0.1, -0.05) is 31.4 Å². The number of fused-ring (bicyclic) bond motifs is 1. The van der Waals surface area contributed by atoms with E-state index in [4.69, 9.17) is 0 Å². The van der Waals surface area contributed by atoms with Crippen LogP contribution in [0.1, 0.15) is 32.1 Å². The number of carbonyl (C=O) groups is 1. The Morgan fingerprint density at radius 1 is 1.12 bits per heavy atom. The van der Waals surface area contributed by atoms with Crippen molar-refractivity contribution < 1.29 is 4.79 Å². The van der Waals surface area contributed by atoms with Crippen molar-refractivity contribution in [1.29, 1.82) is 0 Å². The zero-order chi connectivity index (χ0) is 17.1. The van der Waals surface area contributed by atoms with E-state index in [1.807, 2.05) is 36.4 Å². The van der Waals surface area contributed by atoms with E-state index in [1.165, 1.54) is 19.3 Å². The SMILES string of the molecule is O=C(Nc1cccc(-c2ccc3nncn3n2)c1)NC1CCCCC1. The van der Waals surface area contributed by atoms with Gasteiger partial charge in [0.15, 0.2) is 5.65 Å². The summed E-state index contributed by atoms with van der Waals surface area (Å²) in [6.45, 7) is 0. The summed E-state index contributed by atoms with van der Waals surface area (Å²) in [5.74, 6) is 0.